The van der Waals surface area contributed by atoms with Gasteiger partial charge in [0.15, 0.2) is 17.3 Å². The monoisotopic (exact) mass is 412 g/mol. The highest BCUT2D eigenvalue weighted by Crippen LogP contribution is 2.33. The Morgan fingerprint density at radius 3 is 1.72 bits per heavy atom. The summed E-state index contributed by atoms with van der Waals surface area (Å²) in [6.45, 7) is 12.0. The summed E-state index contributed by atoms with van der Waals surface area (Å²) in [6.07, 6.45) is 0. The van der Waals surface area contributed by atoms with E-state index in [9.17, 15) is 14.4 Å². The minimum atomic E-state index is -0.742. The maximum Gasteiger partial charge on any atom is 0.316 e. The molecule has 25 heavy (non-hydrogen) atoms. The molecule has 1 aromatic carbocycles. The van der Waals surface area contributed by atoms with Crippen LogP contribution in [-0.4, -0.2) is 22.5 Å². The van der Waals surface area contributed by atoms with Crippen molar-refractivity contribution in [2.75, 3.05) is 0 Å². The van der Waals surface area contributed by atoms with Gasteiger partial charge < -0.3 is 9.47 Å². The first kappa shape index (κ1) is 21.4. The maximum atomic E-state index is 12.2. The second-order valence-electron chi connectivity index (χ2n) is 7.92. The van der Waals surface area contributed by atoms with Gasteiger partial charge in [-0.3, -0.25) is 14.4 Å². The van der Waals surface area contributed by atoms with Crippen molar-refractivity contribution in [1.82, 2.24) is 0 Å². The Kier molecular flexibility index (Phi) is 6.56. The van der Waals surface area contributed by atoms with Crippen molar-refractivity contribution < 1.29 is 23.9 Å². The van der Waals surface area contributed by atoms with Gasteiger partial charge in [-0.15, -0.1) is 0 Å². The first-order valence-corrected chi connectivity index (χ1v) is 8.92. The van der Waals surface area contributed by atoms with Crippen molar-refractivity contribution in [3.05, 3.63) is 23.8 Å². The average Bonchev–Trinajstić information content (AvgIpc) is 2.45. The van der Waals surface area contributed by atoms with Crippen molar-refractivity contribution in [2.45, 2.75) is 53.3 Å². The van der Waals surface area contributed by atoms with Crippen LogP contribution in [0.15, 0.2) is 18.2 Å². The summed E-state index contributed by atoms with van der Waals surface area (Å²) in [5, 5.41) is 0. The maximum absolute atomic E-state index is 12.2. The van der Waals surface area contributed by atoms with Crippen LogP contribution in [0.3, 0.4) is 0 Å². The van der Waals surface area contributed by atoms with Gasteiger partial charge in [-0.05, 0) is 66.7 Å². The first-order valence-electron chi connectivity index (χ1n) is 8.00. The lowest BCUT2D eigenvalue weighted by molar-refractivity contribution is -0.145. The number of ether oxygens (including phenoxy) is 2. The van der Waals surface area contributed by atoms with Gasteiger partial charge in [-0.25, -0.2) is 0 Å². The smallest absolute Gasteiger partial charge is 0.316 e. The molecular formula is C19H25BrO5. The average molecular weight is 413 g/mol. The van der Waals surface area contributed by atoms with E-state index in [0.29, 0.717) is 5.56 Å². The lowest BCUT2D eigenvalue weighted by Gasteiger charge is -2.20. The number of Topliss-reactive ketones (excluding diaryl/α,β-unsaturated/α-hetero) is 1. The summed E-state index contributed by atoms with van der Waals surface area (Å²) in [5.74, 6) is -0.958. The van der Waals surface area contributed by atoms with E-state index in [4.69, 9.17) is 9.47 Å². The lowest BCUT2D eigenvalue weighted by atomic mass is 9.97. The van der Waals surface area contributed by atoms with Gasteiger partial charge in [0.1, 0.15) is 0 Å². The highest BCUT2D eigenvalue weighted by Gasteiger charge is 2.28. The van der Waals surface area contributed by atoms with E-state index in [2.05, 4.69) is 15.9 Å². The van der Waals surface area contributed by atoms with Crippen LogP contribution in [0.25, 0.3) is 0 Å². The molecule has 0 N–H and O–H groups in total. The molecule has 0 aliphatic heterocycles. The minimum Gasteiger partial charge on any atom is -0.422 e. The van der Waals surface area contributed by atoms with Crippen molar-refractivity contribution in [2.24, 2.45) is 10.8 Å². The highest BCUT2D eigenvalue weighted by atomic mass is 79.9. The van der Waals surface area contributed by atoms with Gasteiger partial charge in [-0.2, -0.15) is 0 Å². The van der Waals surface area contributed by atoms with Crippen molar-refractivity contribution in [3.63, 3.8) is 0 Å². The normalized spacial score (nSPS) is 13.1. The molecule has 0 bridgehead atoms. The Labute approximate surface area is 157 Å². The van der Waals surface area contributed by atoms with E-state index in [1.807, 2.05) is 0 Å². The molecule has 0 saturated carbocycles. The minimum absolute atomic E-state index is 0.0523. The van der Waals surface area contributed by atoms with Crippen molar-refractivity contribution in [1.29, 1.82) is 0 Å². The molecule has 6 heteroatoms. The Hall–Kier alpha value is -1.69. The fourth-order valence-electron chi connectivity index (χ4n) is 1.56. The van der Waals surface area contributed by atoms with E-state index in [0.717, 1.165) is 0 Å². The van der Waals surface area contributed by atoms with Crippen LogP contribution in [0.1, 0.15) is 58.8 Å². The molecule has 0 aliphatic carbocycles. The van der Waals surface area contributed by atoms with Gasteiger partial charge >= 0.3 is 11.9 Å². The fourth-order valence-corrected chi connectivity index (χ4v) is 1.83. The molecule has 1 rings (SSSR count). The third-order valence-electron chi connectivity index (χ3n) is 3.22. The van der Waals surface area contributed by atoms with Gasteiger partial charge in [-0.1, -0.05) is 15.9 Å². The molecule has 1 unspecified atom stereocenters. The molecule has 1 atom stereocenters. The molecule has 0 spiro atoms. The zero-order chi connectivity index (χ0) is 19.6. The zero-order valence-electron chi connectivity index (χ0n) is 15.7. The summed E-state index contributed by atoms with van der Waals surface area (Å²) in [7, 11) is 0. The molecule has 5 nitrogen and oxygen atoms in total. The van der Waals surface area contributed by atoms with Crippen LogP contribution < -0.4 is 9.47 Å². The molecule has 0 aliphatic rings. The van der Waals surface area contributed by atoms with E-state index in [1.165, 1.54) is 12.1 Å². The van der Waals surface area contributed by atoms with E-state index < -0.39 is 22.8 Å². The first-order chi connectivity index (χ1) is 11.2. The molecule has 0 radical (unpaired) electrons. The van der Waals surface area contributed by atoms with E-state index >= 15 is 0 Å². The number of carbonyl (C=O) groups is 3. The number of hydrogen-bond acceptors (Lipinski definition) is 5. The van der Waals surface area contributed by atoms with Crippen LogP contribution in [0.5, 0.6) is 11.5 Å². The Bertz CT molecular complexity index is 678. The largest absolute Gasteiger partial charge is 0.422 e. The molecule has 0 saturated heterocycles. The van der Waals surface area contributed by atoms with Crippen LogP contribution in [0.4, 0.5) is 0 Å². The number of esters is 2. The number of carbonyl (C=O) groups excluding carboxylic acids is 3. The van der Waals surface area contributed by atoms with E-state index in [1.54, 1.807) is 54.5 Å². The van der Waals surface area contributed by atoms with Gasteiger partial charge in [0.05, 0.1) is 15.7 Å². The summed E-state index contributed by atoms with van der Waals surface area (Å²) in [5.41, 5.74) is -1.10. The molecule has 138 valence electrons. The molecule has 0 aromatic heterocycles. The second-order valence-corrected chi connectivity index (χ2v) is 9.29. The van der Waals surface area contributed by atoms with Crippen LogP contribution in [-0.2, 0) is 9.59 Å². The number of halogens is 1. The Morgan fingerprint density at radius 2 is 1.32 bits per heavy atom. The number of hydrogen-bond donors (Lipinski definition) is 0. The Balaban J connectivity index is 3.29. The van der Waals surface area contributed by atoms with Gasteiger partial charge in [0, 0.05) is 5.56 Å². The predicted molar refractivity (Wildman–Crippen MR) is 99.3 cm³/mol. The van der Waals surface area contributed by atoms with Crippen LogP contribution in [0.2, 0.25) is 0 Å². The SMILES string of the molecule is CC(Br)C(=O)c1ccc(OC(=O)C(C)(C)C)c(OC(=O)C(C)(C)C)c1. The van der Waals surface area contributed by atoms with Crippen molar-refractivity contribution >= 4 is 33.7 Å². The summed E-state index contributed by atoms with van der Waals surface area (Å²) in [4.78, 5) is 36.2. The number of alkyl halides is 1. The predicted octanol–water partition coefficient (Wildman–Crippen LogP) is 4.56. The van der Waals surface area contributed by atoms with E-state index in [-0.39, 0.29) is 22.1 Å². The molecule has 1 aromatic rings. The molecule has 0 fully saturated rings. The third-order valence-corrected chi connectivity index (χ3v) is 3.64. The second kappa shape index (κ2) is 7.68. The highest BCUT2D eigenvalue weighted by molar-refractivity contribution is 9.10. The van der Waals surface area contributed by atoms with Gasteiger partial charge in [0.2, 0.25) is 0 Å². The van der Waals surface area contributed by atoms with Crippen LogP contribution in [0, 0.1) is 10.8 Å². The standard InChI is InChI=1S/C19H25BrO5/c1-11(20)15(21)12-8-9-13(24-16(22)18(2,3)4)14(10-12)25-17(23)19(5,6)7/h8-11H,1-7H3. The third kappa shape index (κ3) is 5.96. The lowest BCUT2D eigenvalue weighted by Crippen LogP contribution is -2.28. The number of benzene rings is 1. The number of rotatable bonds is 4. The fraction of sp³-hybridized carbons (Fsp3) is 0.526. The molecule has 0 amide bonds. The Morgan fingerprint density at radius 1 is 0.880 bits per heavy atom. The quantitative estimate of drug-likeness (QED) is 0.313. The topological polar surface area (TPSA) is 69.7 Å². The van der Waals surface area contributed by atoms with Crippen molar-refractivity contribution in [3.8, 4) is 11.5 Å². The van der Waals surface area contributed by atoms with Gasteiger partial charge in [0.25, 0.3) is 0 Å². The summed E-state index contributed by atoms with van der Waals surface area (Å²) < 4.78 is 10.8. The number of ketones is 1. The zero-order valence-corrected chi connectivity index (χ0v) is 17.3. The van der Waals surface area contributed by atoms with Crippen LogP contribution >= 0.6 is 15.9 Å². The molecular weight excluding hydrogens is 388 g/mol. The summed E-state index contributed by atoms with van der Waals surface area (Å²) in [6, 6.07) is 4.44. The summed E-state index contributed by atoms with van der Waals surface area (Å²) >= 11 is 3.23. The molecule has 0 heterocycles.